The molecule has 102 valence electrons. The zero-order valence-corrected chi connectivity index (χ0v) is 12.6. The predicted molar refractivity (Wildman–Crippen MR) is 84.6 cm³/mol. The number of allylic oxidation sites excluding steroid dienone is 1. The summed E-state index contributed by atoms with van der Waals surface area (Å²) in [6, 6.07) is 5.88. The SMILES string of the molecule is CNc1nc(O)c(C=C2C=Nc3cccc(Br)c32)n1C. The van der Waals surface area contributed by atoms with Gasteiger partial charge in [0.2, 0.25) is 11.8 Å². The Morgan fingerprint density at radius 2 is 2.20 bits per heavy atom. The van der Waals surface area contributed by atoms with Crippen molar-refractivity contribution in [2.45, 2.75) is 0 Å². The monoisotopic (exact) mass is 332 g/mol. The third kappa shape index (κ3) is 1.92. The molecule has 0 radical (unpaired) electrons. The van der Waals surface area contributed by atoms with Gasteiger partial charge in [0.25, 0.3) is 0 Å². The summed E-state index contributed by atoms with van der Waals surface area (Å²) in [5.74, 6) is 0.606. The second-order valence-electron chi connectivity index (χ2n) is 4.45. The van der Waals surface area contributed by atoms with E-state index in [4.69, 9.17) is 0 Å². The van der Waals surface area contributed by atoms with Crippen molar-refractivity contribution in [2.75, 3.05) is 12.4 Å². The van der Waals surface area contributed by atoms with Gasteiger partial charge in [-0.05, 0) is 18.2 Å². The number of rotatable bonds is 2. The number of aliphatic imine (C=N–C) groups is 1. The number of imidazole rings is 1. The normalized spacial score (nSPS) is 14.8. The van der Waals surface area contributed by atoms with Crippen LogP contribution >= 0.6 is 15.9 Å². The number of anilines is 1. The van der Waals surface area contributed by atoms with E-state index in [0.717, 1.165) is 21.3 Å². The highest BCUT2D eigenvalue weighted by Gasteiger charge is 2.18. The molecule has 0 amide bonds. The van der Waals surface area contributed by atoms with E-state index in [9.17, 15) is 5.11 Å². The van der Waals surface area contributed by atoms with Crippen LogP contribution in [0.15, 0.2) is 27.7 Å². The number of aromatic hydroxyl groups is 1. The van der Waals surface area contributed by atoms with Crippen molar-refractivity contribution in [1.82, 2.24) is 9.55 Å². The summed E-state index contributed by atoms with van der Waals surface area (Å²) in [7, 11) is 3.61. The van der Waals surface area contributed by atoms with Gasteiger partial charge in [-0.15, -0.1) is 0 Å². The molecule has 0 unspecified atom stereocenters. The van der Waals surface area contributed by atoms with Crippen molar-refractivity contribution in [2.24, 2.45) is 12.0 Å². The molecule has 6 heteroatoms. The Hall–Kier alpha value is -2.08. The second-order valence-corrected chi connectivity index (χ2v) is 5.30. The van der Waals surface area contributed by atoms with E-state index in [1.165, 1.54) is 0 Å². The third-order valence-corrected chi connectivity index (χ3v) is 3.92. The minimum absolute atomic E-state index is 0.00162. The second kappa shape index (κ2) is 4.79. The van der Waals surface area contributed by atoms with Gasteiger partial charge in [-0.2, -0.15) is 4.98 Å². The van der Waals surface area contributed by atoms with Gasteiger partial charge in [0, 0.05) is 35.9 Å². The quantitative estimate of drug-likeness (QED) is 0.887. The van der Waals surface area contributed by atoms with Crippen LogP contribution in [0.2, 0.25) is 0 Å². The molecule has 0 aliphatic carbocycles. The number of nitrogens with zero attached hydrogens (tertiary/aromatic N) is 3. The average molecular weight is 333 g/mol. The van der Waals surface area contributed by atoms with Crippen molar-refractivity contribution in [3.8, 4) is 5.88 Å². The highest BCUT2D eigenvalue weighted by molar-refractivity contribution is 9.10. The first-order chi connectivity index (χ1) is 9.61. The zero-order valence-electron chi connectivity index (χ0n) is 11.1. The van der Waals surface area contributed by atoms with Gasteiger partial charge in [0.05, 0.1) is 5.69 Å². The molecule has 0 bridgehead atoms. The molecule has 2 aromatic rings. The molecule has 2 heterocycles. The molecule has 0 spiro atoms. The van der Waals surface area contributed by atoms with Gasteiger partial charge in [-0.1, -0.05) is 22.0 Å². The van der Waals surface area contributed by atoms with Gasteiger partial charge in [0.1, 0.15) is 5.69 Å². The van der Waals surface area contributed by atoms with Crippen molar-refractivity contribution in [3.05, 3.63) is 33.9 Å². The van der Waals surface area contributed by atoms with Gasteiger partial charge in [0.15, 0.2) is 0 Å². The Labute approximate surface area is 124 Å². The Morgan fingerprint density at radius 3 is 2.90 bits per heavy atom. The Morgan fingerprint density at radius 1 is 1.40 bits per heavy atom. The fourth-order valence-electron chi connectivity index (χ4n) is 2.25. The van der Waals surface area contributed by atoms with Crippen molar-refractivity contribution in [1.29, 1.82) is 0 Å². The predicted octanol–water partition coefficient (Wildman–Crippen LogP) is 3.19. The highest BCUT2D eigenvalue weighted by atomic mass is 79.9. The summed E-state index contributed by atoms with van der Waals surface area (Å²) in [5.41, 5.74) is 3.52. The van der Waals surface area contributed by atoms with Crippen LogP contribution in [-0.4, -0.2) is 27.9 Å². The van der Waals surface area contributed by atoms with E-state index in [0.29, 0.717) is 11.6 Å². The molecule has 2 N–H and O–H groups in total. The lowest BCUT2D eigenvalue weighted by Crippen LogP contribution is -1.99. The van der Waals surface area contributed by atoms with E-state index in [1.54, 1.807) is 17.8 Å². The molecular formula is C14H13BrN4O. The number of hydrogen-bond acceptors (Lipinski definition) is 4. The summed E-state index contributed by atoms with van der Waals surface area (Å²) in [4.78, 5) is 8.43. The molecule has 1 aliphatic rings. The molecule has 3 rings (SSSR count). The summed E-state index contributed by atoms with van der Waals surface area (Å²) in [5, 5.41) is 12.9. The van der Waals surface area contributed by atoms with E-state index in [2.05, 4.69) is 31.2 Å². The topological polar surface area (TPSA) is 62.4 Å². The molecule has 1 aromatic carbocycles. The molecule has 0 saturated heterocycles. The molecule has 1 aromatic heterocycles. The standard InChI is InChI=1S/C14H13BrN4O/c1-16-14-18-13(20)11(19(14)2)6-8-7-17-10-5-3-4-9(15)12(8)10/h3-7,20H,1-2H3,(H,16,18). The Balaban J connectivity index is 2.13. The molecule has 0 fully saturated rings. The van der Waals surface area contributed by atoms with Crippen LogP contribution in [0.25, 0.3) is 11.6 Å². The van der Waals surface area contributed by atoms with Crippen LogP contribution in [0.5, 0.6) is 5.88 Å². The number of aromatic nitrogens is 2. The maximum absolute atomic E-state index is 9.95. The first-order valence-corrected chi connectivity index (χ1v) is 6.89. The number of nitrogens with one attached hydrogen (secondary N) is 1. The molecule has 20 heavy (non-hydrogen) atoms. The summed E-state index contributed by atoms with van der Waals surface area (Å²) in [6.07, 6.45) is 3.67. The van der Waals surface area contributed by atoms with Crippen molar-refractivity contribution >= 4 is 45.4 Å². The van der Waals surface area contributed by atoms with Crippen LogP contribution < -0.4 is 5.32 Å². The first-order valence-electron chi connectivity index (χ1n) is 6.10. The number of halogens is 1. The lowest BCUT2D eigenvalue weighted by molar-refractivity contribution is 0.454. The maximum atomic E-state index is 9.95. The highest BCUT2D eigenvalue weighted by Crippen LogP contribution is 2.38. The van der Waals surface area contributed by atoms with Gasteiger partial charge in [-0.3, -0.25) is 4.99 Å². The molecule has 0 atom stereocenters. The van der Waals surface area contributed by atoms with Gasteiger partial charge >= 0.3 is 0 Å². The number of hydrogen-bond donors (Lipinski definition) is 2. The fourth-order valence-corrected chi connectivity index (χ4v) is 2.83. The van der Waals surface area contributed by atoms with E-state index >= 15 is 0 Å². The molecular weight excluding hydrogens is 320 g/mol. The zero-order chi connectivity index (χ0) is 14.3. The number of fused-ring (bicyclic) bond motifs is 1. The van der Waals surface area contributed by atoms with Crippen LogP contribution in [0.1, 0.15) is 11.3 Å². The van der Waals surface area contributed by atoms with E-state index in [-0.39, 0.29) is 5.88 Å². The van der Waals surface area contributed by atoms with Crippen LogP contribution in [-0.2, 0) is 7.05 Å². The minimum Gasteiger partial charge on any atom is -0.492 e. The van der Waals surface area contributed by atoms with Crippen molar-refractivity contribution < 1.29 is 5.11 Å². The fraction of sp³-hybridized carbons (Fsp3) is 0.143. The lowest BCUT2D eigenvalue weighted by Gasteiger charge is -2.04. The average Bonchev–Trinajstić information content (AvgIpc) is 2.96. The third-order valence-electron chi connectivity index (χ3n) is 3.26. The van der Waals surface area contributed by atoms with E-state index in [1.807, 2.05) is 31.3 Å². The lowest BCUT2D eigenvalue weighted by atomic mass is 10.1. The summed E-state index contributed by atoms with van der Waals surface area (Å²) >= 11 is 3.54. The first kappa shape index (κ1) is 12.9. The molecule has 0 saturated carbocycles. The smallest absolute Gasteiger partial charge is 0.238 e. The maximum Gasteiger partial charge on any atom is 0.238 e. The van der Waals surface area contributed by atoms with Crippen LogP contribution in [0, 0.1) is 0 Å². The van der Waals surface area contributed by atoms with Crippen molar-refractivity contribution in [3.63, 3.8) is 0 Å². The molecule has 1 aliphatic heterocycles. The van der Waals surface area contributed by atoms with Crippen LogP contribution in [0.3, 0.4) is 0 Å². The summed E-state index contributed by atoms with van der Waals surface area (Å²) in [6.45, 7) is 0. The van der Waals surface area contributed by atoms with Gasteiger partial charge < -0.3 is 15.0 Å². The van der Waals surface area contributed by atoms with Crippen LogP contribution in [0.4, 0.5) is 11.6 Å². The van der Waals surface area contributed by atoms with Gasteiger partial charge in [-0.25, -0.2) is 0 Å². The Bertz CT molecular complexity index is 746. The minimum atomic E-state index is -0.00162. The van der Waals surface area contributed by atoms with E-state index < -0.39 is 0 Å². The largest absolute Gasteiger partial charge is 0.492 e. The molecule has 5 nitrogen and oxygen atoms in total. The number of benzene rings is 1. The summed E-state index contributed by atoms with van der Waals surface area (Å²) < 4.78 is 2.78. The Kier molecular flexibility index (Phi) is 3.10.